The summed E-state index contributed by atoms with van der Waals surface area (Å²) < 4.78 is 16.0. The molecular weight excluding hydrogens is 348 g/mol. The molecule has 2 aliphatic heterocycles. The van der Waals surface area contributed by atoms with Gasteiger partial charge in [-0.05, 0) is 32.6 Å². The summed E-state index contributed by atoms with van der Waals surface area (Å²) in [4.78, 5) is 21.4. The van der Waals surface area contributed by atoms with E-state index in [0.29, 0.717) is 19.8 Å². The molecule has 1 atom stereocenters. The molecular formula is C19H36N4O4. The van der Waals surface area contributed by atoms with Crippen LogP contribution in [0.25, 0.3) is 0 Å². The zero-order valence-electron chi connectivity index (χ0n) is 17.0. The molecule has 27 heavy (non-hydrogen) atoms. The first-order valence-corrected chi connectivity index (χ1v) is 10.3. The van der Waals surface area contributed by atoms with E-state index in [1.165, 1.54) is 0 Å². The molecule has 0 aliphatic carbocycles. The second-order valence-electron chi connectivity index (χ2n) is 6.86. The molecule has 0 spiro atoms. The average molecular weight is 385 g/mol. The lowest BCUT2D eigenvalue weighted by Gasteiger charge is -2.37. The van der Waals surface area contributed by atoms with Crippen LogP contribution in [0.4, 0.5) is 0 Å². The van der Waals surface area contributed by atoms with Crippen LogP contribution in [0, 0.1) is 0 Å². The standard InChI is InChI=1S/C19H36N4O4/c1-3-20-19(21-8-4-5-13-26-16-15-25-2)23-11-9-22(10-12-23)18(24)17-7-6-14-27-17/h17H,3-16H2,1-2H3,(H,20,21). The van der Waals surface area contributed by atoms with Crippen molar-refractivity contribution in [1.82, 2.24) is 15.1 Å². The van der Waals surface area contributed by atoms with Crippen molar-refractivity contribution in [3.8, 4) is 0 Å². The molecule has 2 heterocycles. The Bertz CT molecular complexity index is 447. The fraction of sp³-hybridized carbons (Fsp3) is 0.895. The molecule has 2 aliphatic rings. The predicted molar refractivity (Wildman–Crippen MR) is 105 cm³/mol. The van der Waals surface area contributed by atoms with E-state index in [1.807, 2.05) is 4.90 Å². The van der Waals surface area contributed by atoms with E-state index in [9.17, 15) is 4.79 Å². The number of amides is 1. The lowest BCUT2D eigenvalue weighted by atomic mass is 10.2. The molecule has 1 amide bonds. The van der Waals surface area contributed by atoms with Gasteiger partial charge in [0, 0.05) is 59.6 Å². The maximum Gasteiger partial charge on any atom is 0.251 e. The summed E-state index contributed by atoms with van der Waals surface area (Å²) in [6.07, 6.45) is 3.63. The summed E-state index contributed by atoms with van der Waals surface area (Å²) in [6.45, 7) is 9.54. The van der Waals surface area contributed by atoms with E-state index < -0.39 is 0 Å². The van der Waals surface area contributed by atoms with Crippen LogP contribution in [0.1, 0.15) is 32.6 Å². The first-order chi connectivity index (χ1) is 13.3. The van der Waals surface area contributed by atoms with E-state index in [2.05, 4.69) is 17.1 Å². The highest BCUT2D eigenvalue weighted by molar-refractivity contribution is 5.82. The molecule has 1 N–H and O–H groups in total. The van der Waals surface area contributed by atoms with Gasteiger partial charge in [0.25, 0.3) is 5.91 Å². The number of rotatable bonds is 10. The van der Waals surface area contributed by atoms with Crippen molar-refractivity contribution in [3.05, 3.63) is 0 Å². The Morgan fingerprint density at radius 2 is 1.93 bits per heavy atom. The number of methoxy groups -OCH3 is 1. The fourth-order valence-corrected chi connectivity index (χ4v) is 3.29. The number of hydrogen-bond acceptors (Lipinski definition) is 5. The van der Waals surface area contributed by atoms with Crippen LogP contribution in [0.3, 0.4) is 0 Å². The summed E-state index contributed by atoms with van der Waals surface area (Å²) in [6, 6.07) is 0. The Labute approximate surface area is 163 Å². The van der Waals surface area contributed by atoms with Gasteiger partial charge in [-0.3, -0.25) is 9.79 Å². The molecule has 1 unspecified atom stereocenters. The van der Waals surface area contributed by atoms with Gasteiger partial charge in [-0.2, -0.15) is 0 Å². The van der Waals surface area contributed by atoms with Crippen molar-refractivity contribution in [2.45, 2.75) is 38.7 Å². The summed E-state index contributed by atoms with van der Waals surface area (Å²) in [5.41, 5.74) is 0. The molecule has 0 saturated carbocycles. The third-order valence-electron chi connectivity index (χ3n) is 4.82. The topological polar surface area (TPSA) is 75.6 Å². The van der Waals surface area contributed by atoms with Crippen molar-refractivity contribution in [1.29, 1.82) is 0 Å². The third kappa shape index (κ3) is 7.63. The molecule has 0 aromatic carbocycles. The van der Waals surface area contributed by atoms with Crippen molar-refractivity contribution in [3.63, 3.8) is 0 Å². The van der Waals surface area contributed by atoms with Gasteiger partial charge in [0.05, 0.1) is 13.2 Å². The van der Waals surface area contributed by atoms with Crippen molar-refractivity contribution in [2.75, 3.05) is 72.8 Å². The van der Waals surface area contributed by atoms with Gasteiger partial charge < -0.3 is 29.3 Å². The molecule has 2 fully saturated rings. The van der Waals surface area contributed by atoms with Crippen LogP contribution in [0.15, 0.2) is 4.99 Å². The molecule has 8 nitrogen and oxygen atoms in total. The van der Waals surface area contributed by atoms with E-state index in [1.54, 1.807) is 7.11 Å². The van der Waals surface area contributed by atoms with Gasteiger partial charge in [0.15, 0.2) is 5.96 Å². The minimum Gasteiger partial charge on any atom is -0.382 e. The second-order valence-corrected chi connectivity index (χ2v) is 6.86. The first-order valence-electron chi connectivity index (χ1n) is 10.3. The number of piperazine rings is 1. The van der Waals surface area contributed by atoms with E-state index in [0.717, 1.165) is 77.5 Å². The highest BCUT2D eigenvalue weighted by atomic mass is 16.5. The zero-order valence-corrected chi connectivity index (χ0v) is 17.0. The predicted octanol–water partition coefficient (Wildman–Crippen LogP) is 0.718. The van der Waals surface area contributed by atoms with Crippen LogP contribution >= 0.6 is 0 Å². The number of carbonyl (C=O) groups is 1. The van der Waals surface area contributed by atoms with E-state index in [4.69, 9.17) is 19.2 Å². The Morgan fingerprint density at radius 1 is 1.15 bits per heavy atom. The van der Waals surface area contributed by atoms with Crippen molar-refractivity contribution in [2.24, 2.45) is 4.99 Å². The minimum atomic E-state index is -0.218. The van der Waals surface area contributed by atoms with Crippen LogP contribution < -0.4 is 5.32 Å². The molecule has 0 radical (unpaired) electrons. The van der Waals surface area contributed by atoms with Gasteiger partial charge >= 0.3 is 0 Å². The first kappa shape index (κ1) is 21.9. The molecule has 156 valence electrons. The summed E-state index contributed by atoms with van der Waals surface area (Å²) in [7, 11) is 1.68. The lowest BCUT2D eigenvalue weighted by Crippen LogP contribution is -2.55. The average Bonchev–Trinajstić information content (AvgIpc) is 3.23. The van der Waals surface area contributed by atoms with Gasteiger partial charge in [-0.15, -0.1) is 0 Å². The maximum atomic E-state index is 12.5. The number of hydrogen-bond donors (Lipinski definition) is 1. The van der Waals surface area contributed by atoms with E-state index in [-0.39, 0.29) is 12.0 Å². The van der Waals surface area contributed by atoms with Crippen LogP contribution in [0.5, 0.6) is 0 Å². The van der Waals surface area contributed by atoms with Crippen LogP contribution in [-0.2, 0) is 19.0 Å². The van der Waals surface area contributed by atoms with Crippen LogP contribution in [-0.4, -0.2) is 101 Å². The molecule has 2 rings (SSSR count). The zero-order chi connectivity index (χ0) is 19.3. The highest BCUT2D eigenvalue weighted by Gasteiger charge is 2.30. The normalized spacial score (nSPS) is 21.0. The highest BCUT2D eigenvalue weighted by Crippen LogP contribution is 2.16. The van der Waals surface area contributed by atoms with Gasteiger partial charge in [0.1, 0.15) is 6.10 Å². The molecule has 2 saturated heterocycles. The number of nitrogens with zero attached hydrogens (tertiary/aromatic N) is 3. The third-order valence-corrected chi connectivity index (χ3v) is 4.82. The minimum absolute atomic E-state index is 0.155. The number of unbranched alkanes of at least 4 members (excludes halogenated alkanes) is 1. The number of guanidine groups is 1. The number of carbonyl (C=O) groups excluding carboxylic acids is 1. The molecule has 8 heteroatoms. The SMILES string of the molecule is CCNC(=NCCCCOCCOC)N1CCN(C(=O)C2CCCO2)CC1. The van der Waals surface area contributed by atoms with Crippen molar-refractivity contribution >= 4 is 11.9 Å². The number of aliphatic imine (C=N–C) groups is 1. The molecule has 0 bridgehead atoms. The second kappa shape index (κ2) is 12.9. The Kier molecular flexibility index (Phi) is 10.5. The molecule has 0 aromatic heterocycles. The number of ether oxygens (including phenoxy) is 3. The summed E-state index contributed by atoms with van der Waals surface area (Å²) in [5, 5.41) is 3.37. The van der Waals surface area contributed by atoms with Crippen molar-refractivity contribution < 1.29 is 19.0 Å². The summed E-state index contributed by atoms with van der Waals surface area (Å²) >= 11 is 0. The largest absolute Gasteiger partial charge is 0.382 e. The Morgan fingerprint density at radius 3 is 2.59 bits per heavy atom. The smallest absolute Gasteiger partial charge is 0.251 e. The van der Waals surface area contributed by atoms with Gasteiger partial charge in [0.2, 0.25) is 0 Å². The molecule has 0 aromatic rings. The lowest BCUT2D eigenvalue weighted by molar-refractivity contribution is -0.142. The summed E-state index contributed by atoms with van der Waals surface area (Å²) in [5.74, 6) is 1.10. The maximum absolute atomic E-state index is 12.5. The Hall–Kier alpha value is -1.38. The van der Waals surface area contributed by atoms with Gasteiger partial charge in [-0.1, -0.05) is 0 Å². The van der Waals surface area contributed by atoms with Gasteiger partial charge in [-0.25, -0.2) is 0 Å². The quantitative estimate of drug-likeness (QED) is 0.340. The van der Waals surface area contributed by atoms with Crippen LogP contribution in [0.2, 0.25) is 0 Å². The van der Waals surface area contributed by atoms with E-state index >= 15 is 0 Å². The fourth-order valence-electron chi connectivity index (χ4n) is 3.29. The monoisotopic (exact) mass is 384 g/mol. The number of nitrogens with one attached hydrogen (secondary N) is 1. The Balaban J connectivity index is 1.69.